The zero-order valence-corrected chi connectivity index (χ0v) is 9.83. The van der Waals surface area contributed by atoms with Crippen LogP contribution < -0.4 is 11.1 Å². The summed E-state index contributed by atoms with van der Waals surface area (Å²) in [5, 5.41) is 3.10. The van der Waals surface area contributed by atoms with Crippen molar-refractivity contribution in [2.24, 2.45) is 10.7 Å². The molecule has 0 aromatic heterocycles. The second kappa shape index (κ2) is 4.82. The Morgan fingerprint density at radius 3 is 2.53 bits per heavy atom. The van der Waals surface area contributed by atoms with E-state index >= 15 is 0 Å². The molecule has 0 atom stereocenters. The molecule has 3 heteroatoms. The molecule has 1 aromatic carbocycles. The molecule has 0 aliphatic carbocycles. The summed E-state index contributed by atoms with van der Waals surface area (Å²) in [7, 11) is 0. The van der Waals surface area contributed by atoms with Gasteiger partial charge in [0, 0.05) is 11.7 Å². The zero-order chi connectivity index (χ0) is 11.4. The first kappa shape index (κ1) is 11.6. The van der Waals surface area contributed by atoms with Gasteiger partial charge in [-0.15, -0.1) is 0 Å². The Bertz CT molecular complexity index is 367. The number of nitrogens with zero attached hydrogens (tertiary/aromatic N) is 1. The molecule has 15 heavy (non-hydrogen) atoms. The van der Waals surface area contributed by atoms with Gasteiger partial charge in [0.05, 0.1) is 0 Å². The van der Waals surface area contributed by atoms with Gasteiger partial charge >= 0.3 is 0 Å². The topological polar surface area (TPSA) is 50.4 Å². The number of hydrogen-bond acceptors (Lipinski definition) is 1. The molecule has 1 rings (SSSR count). The number of aryl methyl sites for hydroxylation is 2. The van der Waals surface area contributed by atoms with Crippen LogP contribution in [-0.4, -0.2) is 12.0 Å². The van der Waals surface area contributed by atoms with E-state index in [2.05, 4.69) is 36.3 Å². The first-order valence-corrected chi connectivity index (χ1v) is 5.16. The molecule has 0 saturated carbocycles. The predicted octanol–water partition coefficient (Wildman–Crippen LogP) is 2.44. The molecule has 0 unspecified atom stereocenters. The lowest BCUT2D eigenvalue weighted by atomic mass is 10.1. The maximum Gasteiger partial charge on any atom is 0.193 e. The van der Waals surface area contributed by atoms with Crippen molar-refractivity contribution in [1.29, 1.82) is 0 Å². The highest BCUT2D eigenvalue weighted by Gasteiger charge is 2.00. The van der Waals surface area contributed by atoms with Gasteiger partial charge in [0.15, 0.2) is 5.96 Å². The number of benzene rings is 1. The molecule has 0 amide bonds. The molecule has 0 radical (unpaired) electrons. The molecule has 0 spiro atoms. The van der Waals surface area contributed by atoms with Gasteiger partial charge in [0.2, 0.25) is 0 Å². The Morgan fingerprint density at radius 2 is 2.00 bits per heavy atom. The Labute approximate surface area is 91.4 Å². The molecule has 0 aliphatic rings. The third-order valence-electron chi connectivity index (χ3n) is 2.04. The van der Waals surface area contributed by atoms with E-state index < -0.39 is 0 Å². The molecule has 0 saturated heterocycles. The third-order valence-corrected chi connectivity index (χ3v) is 2.04. The first-order valence-electron chi connectivity index (χ1n) is 5.16. The molecular formula is C12H19N3. The van der Waals surface area contributed by atoms with Crippen LogP contribution in [0.4, 0.5) is 5.69 Å². The fourth-order valence-electron chi connectivity index (χ4n) is 1.40. The van der Waals surface area contributed by atoms with Crippen LogP contribution in [0.2, 0.25) is 0 Å². The number of anilines is 1. The minimum Gasteiger partial charge on any atom is -0.370 e. The number of nitrogens with two attached hydrogens (primary N) is 1. The van der Waals surface area contributed by atoms with Crippen molar-refractivity contribution in [2.75, 3.05) is 5.32 Å². The number of guanidine groups is 1. The molecule has 3 N–H and O–H groups in total. The highest BCUT2D eigenvalue weighted by Crippen LogP contribution is 2.15. The highest BCUT2D eigenvalue weighted by molar-refractivity contribution is 5.93. The van der Waals surface area contributed by atoms with Crippen LogP contribution in [0.1, 0.15) is 25.0 Å². The Hall–Kier alpha value is -1.51. The SMILES string of the molecule is Cc1ccc(NC(N)=NC(C)C)c(C)c1. The Morgan fingerprint density at radius 1 is 1.33 bits per heavy atom. The fraction of sp³-hybridized carbons (Fsp3) is 0.417. The van der Waals surface area contributed by atoms with Crippen molar-refractivity contribution < 1.29 is 0 Å². The number of nitrogens with one attached hydrogen (secondary N) is 1. The zero-order valence-electron chi connectivity index (χ0n) is 9.83. The smallest absolute Gasteiger partial charge is 0.193 e. The van der Waals surface area contributed by atoms with Gasteiger partial charge in [0.1, 0.15) is 0 Å². The van der Waals surface area contributed by atoms with E-state index in [1.165, 1.54) is 11.1 Å². The summed E-state index contributed by atoms with van der Waals surface area (Å²) in [6, 6.07) is 6.40. The van der Waals surface area contributed by atoms with Gasteiger partial charge < -0.3 is 11.1 Å². The number of hydrogen-bond donors (Lipinski definition) is 2. The fourth-order valence-corrected chi connectivity index (χ4v) is 1.40. The summed E-state index contributed by atoms with van der Waals surface area (Å²) in [6.45, 7) is 8.12. The minimum absolute atomic E-state index is 0.211. The molecule has 0 bridgehead atoms. The molecule has 0 aliphatic heterocycles. The van der Waals surface area contributed by atoms with Gasteiger partial charge in [0.25, 0.3) is 0 Å². The van der Waals surface area contributed by atoms with Crippen LogP contribution in [0.5, 0.6) is 0 Å². The lowest BCUT2D eigenvalue weighted by Gasteiger charge is -2.10. The van der Waals surface area contributed by atoms with Crippen LogP contribution in [0.3, 0.4) is 0 Å². The summed E-state index contributed by atoms with van der Waals surface area (Å²) >= 11 is 0. The Balaban J connectivity index is 2.81. The molecule has 0 fully saturated rings. The quantitative estimate of drug-likeness (QED) is 0.575. The van der Waals surface area contributed by atoms with Gasteiger partial charge in [-0.2, -0.15) is 0 Å². The molecule has 3 nitrogen and oxygen atoms in total. The van der Waals surface area contributed by atoms with Crippen molar-refractivity contribution in [3.63, 3.8) is 0 Å². The average molecular weight is 205 g/mol. The molecular weight excluding hydrogens is 186 g/mol. The predicted molar refractivity (Wildman–Crippen MR) is 66.3 cm³/mol. The molecule has 1 aromatic rings. The average Bonchev–Trinajstić information content (AvgIpc) is 2.08. The van der Waals surface area contributed by atoms with Crippen LogP contribution in [0, 0.1) is 13.8 Å². The summed E-state index contributed by atoms with van der Waals surface area (Å²) in [4.78, 5) is 4.22. The van der Waals surface area contributed by atoms with E-state index in [0.29, 0.717) is 5.96 Å². The van der Waals surface area contributed by atoms with Crippen LogP contribution >= 0.6 is 0 Å². The van der Waals surface area contributed by atoms with Crippen LogP contribution in [0.25, 0.3) is 0 Å². The van der Waals surface area contributed by atoms with E-state index in [4.69, 9.17) is 5.73 Å². The van der Waals surface area contributed by atoms with Crippen molar-refractivity contribution in [2.45, 2.75) is 33.7 Å². The summed E-state index contributed by atoms with van der Waals surface area (Å²) in [6.07, 6.45) is 0. The summed E-state index contributed by atoms with van der Waals surface area (Å²) in [5.41, 5.74) is 9.19. The Kier molecular flexibility index (Phi) is 3.72. The standard InChI is InChI=1S/C12H19N3/c1-8(2)14-12(13)15-11-6-5-9(3)7-10(11)4/h5-8H,1-4H3,(H3,13,14,15). The maximum absolute atomic E-state index is 5.75. The van der Waals surface area contributed by atoms with Crippen molar-refractivity contribution >= 4 is 11.6 Å². The van der Waals surface area contributed by atoms with Crippen molar-refractivity contribution in [1.82, 2.24) is 0 Å². The highest BCUT2D eigenvalue weighted by atomic mass is 15.1. The summed E-state index contributed by atoms with van der Waals surface area (Å²) in [5.74, 6) is 0.469. The number of rotatable bonds is 2. The van der Waals surface area contributed by atoms with Crippen molar-refractivity contribution in [3.05, 3.63) is 29.3 Å². The van der Waals surface area contributed by atoms with Crippen LogP contribution in [0.15, 0.2) is 23.2 Å². The second-order valence-corrected chi connectivity index (χ2v) is 4.05. The van der Waals surface area contributed by atoms with E-state index in [1.807, 2.05) is 19.9 Å². The van der Waals surface area contributed by atoms with Gasteiger partial charge in [-0.3, -0.25) is 4.99 Å². The number of aliphatic imine (C=N–C) groups is 1. The van der Waals surface area contributed by atoms with Gasteiger partial charge in [-0.05, 0) is 39.3 Å². The van der Waals surface area contributed by atoms with E-state index in [9.17, 15) is 0 Å². The summed E-state index contributed by atoms with van der Waals surface area (Å²) < 4.78 is 0. The van der Waals surface area contributed by atoms with Gasteiger partial charge in [-0.25, -0.2) is 0 Å². The maximum atomic E-state index is 5.75. The lowest BCUT2D eigenvalue weighted by Crippen LogP contribution is -2.24. The van der Waals surface area contributed by atoms with Gasteiger partial charge in [-0.1, -0.05) is 17.7 Å². The van der Waals surface area contributed by atoms with Crippen molar-refractivity contribution in [3.8, 4) is 0 Å². The monoisotopic (exact) mass is 205 g/mol. The second-order valence-electron chi connectivity index (χ2n) is 4.05. The third kappa shape index (κ3) is 3.62. The normalized spacial score (nSPS) is 11.9. The molecule has 82 valence electrons. The van der Waals surface area contributed by atoms with E-state index in [1.54, 1.807) is 0 Å². The molecule has 0 heterocycles. The van der Waals surface area contributed by atoms with E-state index in [0.717, 1.165) is 5.69 Å². The largest absolute Gasteiger partial charge is 0.370 e. The minimum atomic E-state index is 0.211. The van der Waals surface area contributed by atoms with Crippen LogP contribution in [-0.2, 0) is 0 Å². The first-order chi connectivity index (χ1) is 6.99. The lowest BCUT2D eigenvalue weighted by molar-refractivity contribution is 0.833. The van der Waals surface area contributed by atoms with E-state index in [-0.39, 0.29) is 6.04 Å².